The Hall–Kier alpha value is -8.85. The molecule has 0 aliphatic rings. The van der Waals surface area contributed by atoms with Crippen LogP contribution in [0.25, 0.3) is 51.6 Å². The van der Waals surface area contributed by atoms with Gasteiger partial charge in [0.1, 0.15) is 22.4 Å². The monoisotopic (exact) mass is 1020 g/mol. The molecule has 18 nitrogen and oxygen atoms in total. The zero-order valence-corrected chi connectivity index (χ0v) is 45.1. The summed E-state index contributed by atoms with van der Waals surface area (Å²) in [6.45, 7) is 24.8. The molecule has 6 aromatic rings. The predicted octanol–water partition coefficient (Wildman–Crippen LogP) is 13.3. The van der Waals surface area contributed by atoms with E-state index in [0.29, 0.717) is 5.69 Å². The highest BCUT2D eigenvalue weighted by Crippen LogP contribution is 2.26. The first kappa shape index (κ1) is 60.5. The summed E-state index contributed by atoms with van der Waals surface area (Å²) in [7, 11) is 0. The molecule has 0 radical (unpaired) electrons. The normalized spacial score (nSPS) is 11.4. The Balaban J connectivity index is 0.000000271. The van der Waals surface area contributed by atoms with Gasteiger partial charge in [0.2, 0.25) is 0 Å². The molecule has 0 bridgehead atoms. The summed E-state index contributed by atoms with van der Waals surface area (Å²) in [4.78, 5) is 73.4. The second kappa shape index (κ2) is 27.8. The van der Waals surface area contributed by atoms with Gasteiger partial charge >= 0.3 is 24.5 Å². The van der Waals surface area contributed by atoms with Crippen LogP contribution in [0.15, 0.2) is 129 Å². The maximum absolute atomic E-state index is 12.4. The molecule has 0 unspecified atom stereocenters. The van der Waals surface area contributed by atoms with E-state index >= 15 is 0 Å². The van der Waals surface area contributed by atoms with Gasteiger partial charge < -0.3 is 28.7 Å². The van der Waals surface area contributed by atoms with Crippen LogP contribution in [0, 0.1) is 11.5 Å². The van der Waals surface area contributed by atoms with Crippen molar-refractivity contribution in [1.29, 1.82) is 5.26 Å². The molecule has 0 aromatic carbocycles. The van der Waals surface area contributed by atoms with Gasteiger partial charge in [0, 0.05) is 78.7 Å². The molecule has 1 amide bonds. The molecule has 0 saturated heterocycles. The van der Waals surface area contributed by atoms with E-state index in [1.807, 2.05) is 113 Å². The van der Waals surface area contributed by atoms with E-state index in [0.717, 1.165) is 33.6 Å². The van der Waals surface area contributed by atoms with Gasteiger partial charge in [0.05, 0.1) is 11.4 Å². The number of H-pyrrole nitrogens is 1. The van der Waals surface area contributed by atoms with Crippen LogP contribution in [0.5, 0.6) is 0 Å². The molecule has 0 atom stereocenters. The van der Waals surface area contributed by atoms with Crippen LogP contribution < -0.4 is 5.32 Å². The number of rotatable bonds is 7. The third-order valence-electron chi connectivity index (χ3n) is 8.84. The zero-order valence-electron chi connectivity index (χ0n) is 45.1. The second-order valence-corrected chi connectivity index (χ2v) is 20.0. The minimum atomic E-state index is -1.06. The fourth-order valence-electron chi connectivity index (χ4n) is 6.00. The topological polar surface area (TPSA) is 232 Å². The van der Waals surface area contributed by atoms with Crippen molar-refractivity contribution in [2.24, 2.45) is 0 Å². The number of nitrogens with zero attached hydrogens (tertiary/aromatic N) is 6. The molecule has 6 rings (SSSR count). The highest BCUT2D eigenvalue weighted by atomic mass is 16.8. The van der Waals surface area contributed by atoms with Gasteiger partial charge in [-0.15, -0.1) is 0 Å². The Bertz CT molecular complexity index is 2910. The van der Waals surface area contributed by atoms with Crippen molar-refractivity contribution in [2.45, 2.75) is 119 Å². The summed E-state index contributed by atoms with van der Waals surface area (Å²) in [5.41, 5.74) is 5.79. The largest absolute Gasteiger partial charge is 0.519 e. The maximum atomic E-state index is 12.4. The van der Waals surface area contributed by atoms with E-state index in [4.69, 9.17) is 24.2 Å². The number of pyridine rings is 3. The van der Waals surface area contributed by atoms with Gasteiger partial charge in [-0.25, -0.2) is 19.2 Å². The third-order valence-corrected chi connectivity index (χ3v) is 8.84. The van der Waals surface area contributed by atoms with Gasteiger partial charge in [-0.1, -0.05) is 12.2 Å². The van der Waals surface area contributed by atoms with E-state index in [2.05, 4.69) is 30.7 Å². The Morgan fingerprint density at radius 2 is 0.907 bits per heavy atom. The number of hydrogen-bond donors (Lipinski definition) is 2. The Morgan fingerprint density at radius 3 is 1.27 bits per heavy atom. The van der Waals surface area contributed by atoms with E-state index < -0.39 is 46.7 Å². The molecule has 0 spiro atoms. The Labute approximate surface area is 439 Å². The van der Waals surface area contributed by atoms with Crippen molar-refractivity contribution in [3.63, 3.8) is 0 Å². The Morgan fingerprint density at radius 1 is 0.533 bits per heavy atom. The smallest absolute Gasteiger partial charge is 0.443 e. The average molecular weight is 1030 g/mol. The molecule has 396 valence electrons. The van der Waals surface area contributed by atoms with Crippen LogP contribution in [0.2, 0.25) is 0 Å². The third kappa shape index (κ3) is 23.1. The number of carbonyl (C=O) groups is 5. The second-order valence-electron chi connectivity index (χ2n) is 20.0. The molecular weight excluding hydrogens is 957 g/mol. The molecule has 0 aliphatic heterocycles. The zero-order chi connectivity index (χ0) is 56.0. The van der Waals surface area contributed by atoms with Crippen molar-refractivity contribution in [2.75, 3.05) is 0 Å². The molecule has 0 saturated carbocycles. The van der Waals surface area contributed by atoms with Crippen molar-refractivity contribution >= 4 is 48.6 Å². The summed E-state index contributed by atoms with van der Waals surface area (Å²) in [5, 5.41) is 10.4. The molecule has 75 heavy (non-hydrogen) atoms. The standard InChI is InChI=1S/C18H18N4O3.C17H20N2O2.C12H12N2.C10H18O5/c1-18(2,3)25-17(24)22-11-14(13-6-8-20-9-7-13)10-15(22)4-5-16(23)21-12-19;1-5-6-15-11-14(13-7-9-18-10-8-13)12-19(15)16(20)21-17(2,3)4;1-2-3-12-8-11(9-14-12)10-4-6-13-7-5-10;1-9(2,3)14-7(11)13-8(12)15-10(4,5)6/h4-11H,1-3H3,(H,21,23);5-12H,1-4H3;2-9,14H,1H3;1-6H3/b5-4+;6-5+;3-2+;. The quantitative estimate of drug-likeness (QED) is 0.0378. The van der Waals surface area contributed by atoms with Crippen LogP contribution in [0.4, 0.5) is 19.2 Å². The van der Waals surface area contributed by atoms with Crippen molar-refractivity contribution in [1.82, 2.24) is 34.4 Å². The lowest BCUT2D eigenvalue weighted by Crippen LogP contribution is -2.29. The van der Waals surface area contributed by atoms with Crippen molar-refractivity contribution in [3.05, 3.63) is 146 Å². The molecule has 2 N–H and O–H groups in total. The highest BCUT2D eigenvalue weighted by Gasteiger charge is 2.25. The number of hydrogen-bond acceptors (Lipinski definition) is 14. The number of ether oxygens (including phenoxy) is 5. The van der Waals surface area contributed by atoms with Gasteiger partial charge in [0.25, 0.3) is 5.91 Å². The number of aromatic amines is 1. The van der Waals surface area contributed by atoms with Crippen LogP contribution in [-0.2, 0) is 28.5 Å². The van der Waals surface area contributed by atoms with Crippen molar-refractivity contribution < 1.29 is 47.7 Å². The van der Waals surface area contributed by atoms with Crippen LogP contribution >= 0.6 is 0 Å². The fourth-order valence-corrected chi connectivity index (χ4v) is 6.00. The number of allylic oxidation sites excluding steroid dienone is 2. The lowest BCUT2D eigenvalue weighted by atomic mass is 10.1. The van der Waals surface area contributed by atoms with Crippen LogP contribution in [0.3, 0.4) is 0 Å². The van der Waals surface area contributed by atoms with Crippen molar-refractivity contribution in [3.8, 4) is 39.6 Å². The minimum Gasteiger partial charge on any atom is -0.443 e. The SMILES string of the molecule is C/C=C/c1cc(-c2ccncc2)c[nH]1.C/C=C/c1cc(-c2ccncc2)cn1C(=O)OC(C)(C)C.CC(C)(C)OC(=O)OC(=O)OC(C)(C)C.CC(C)(C)OC(=O)n1cc(-c2ccncc2)cc1/C=C/C(=O)NC#N. The molecule has 6 aromatic heterocycles. The molecule has 0 aliphatic carbocycles. The molecule has 18 heteroatoms. The van der Waals surface area contributed by atoms with E-state index in [1.165, 1.54) is 32.4 Å². The minimum absolute atomic E-state index is 0.379. The number of nitriles is 1. The number of aromatic nitrogens is 6. The first-order valence-electron chi connectivity index (χ1n) is 23.7. The number of amides is 1. The fraction of sp³-hybridized carbons (Fsp3) is 0.316. The first-order valence-corrected chi connectivity index (χ1v) is 23.7. The van der Waals surface area contributed by atoms with Crippen LogP contribution in [-0.4, -0.2) is 81.9 Å². The summed E-state index contributed by atoms with van der Waals surface area (Å²) in [5.74, 6) is -0.579. The number of nitrogens with one attached hydrogen (secondary N) is 2. The van der Waals surface area contributed by atoms with Crippen LogP contribution in [0.1, 0.15) is 114 Å². The molecule has 0 fully saturated rings. The maximum Gasteiger partial charge on any atom is 0.519 e. The Kier molecular flexibility index (Phi) is 22.4. The van der Waals surface area contributed by atoms with Gasteiger partial charge in [-0.05, 0) is 192 Å². The predicted molar refractivity (Wildman–Crippen MR) is 288 cm³/mol. The van der Waals surface area contributed by atoms with Gasteiger partial charge in [-0.2, -0.15) is 5.26 Å². The lowest BCUT2D eigenvalue weighted by Gasteiger charge is -2.20. The molecule has 6 heterocycles. The number of carbonyl (C=O) groups excluding carboxylic acids is 5. The lowest BCUT2D eigenvalue weighted by molar-refractivity contribution is -0.115. The highest BCUT2D eigenvalue weighted by molar-refractivity contribution is 5.93. The average Bonchev–Trinajstić information content (AvgIpc) is 4.08. The van der Waals surface area contributed by atoms with E-state index in [-0.39, 0.29) is 6.09 Å². The molecular formula is C57H68N8O10. The van der Waals surface area contributed by atoms with E-state index in [1.54, 1.807) is 124 Å². The van der Waals surface area contributed by atoms with E-state index in [9.17, 15) is 24.0 Å². The summed E-state index contributed by atoms with van der Waals surface area (Å²) < 4.78 is 27.5. The summed E-state index contributed by atoms with van der Waals surface area (Å²) in [6, 6.07) is 17.3. The summed E-state index contributed by atoms with van der Waals surface area (Å²) >= 11 is 0. The first-order chi connectivity index (χ1) is 35.1. The van der Waals surface area contributed by atoms with Gasteiger partial charge in [0.15, 0.2) is 6.19 Å². The van der Waals surface area contributed by atoms with Gasteiger partial charge in [-0.3, -0.25) is 34.2 Å². The summed E-state index contributed by atoms with van der Waals surface area (Å²) in [6.07, 6.45) is 24.7.